The second kappa shape index (κ2) is 7.81. The molecule has 5 nitrogen and oxygen atoms in total. The molecule has 0 unspecified atom stereocenters. The van der Waals surface area contributed by atoms with Crippen LogP contribution in [0, 0.1) is 5.82 Å². The number of piperazine rings is 1. The lowest BCUT2D eigenvalue weighted by Crippen LogP contribution is -2.44. The van der Waals surface area contributed by atoms with E-state index in [2.05, 4.69) is 20.9 Å². The Morgan fingerprint density at radius 3 is 2.90 bits per heavy atom. The van der Waals surface area contributed by atoms with E-state index in [9.17, 15) is 9.18 Å². The molecule has 0 bridgehead atoms. The summed E-state index contributed by atoms with van der Waals surface area (Å²) in [4.78, 5) is 14.0. The Hall–Kier alpha value is -1.66. The minimum atomic E-state index is -0.360. The summed E-state index contributed by atoms with van der Waals surface area (Å²) >= 11 is 0. The van der Waals surface area contributed by atoms with Crippen molar-refractivity contribution in [2.24, 2.45) is 0 Å². The van der Waals surface area contributed by atoms with Crippen LogP contribution >= 0.6 is 0 Å². The number of carbonyl (C=O) groups is 1. The minimum Gasteiger partial charge on any atom is -0.338 e. The van der Waals surface area contributed by atoms with Crippen molar-refractivity contribution in [3.05, 3.63) is 30.1 Å². The zero-order valence-electron chi connectivity index (χ0n) is 11.5. The number of hydrogen-bond donors (Lipinski definition) is 3. The van der Waals surface area contributed by atoms with Crippen molar-refractivity contribution in [3.8, 4) is 0 Å². The summed E-state index contributed by atoms with van der Waals surface area (Å²) < 4.78 is 12.9. The highest BCUT2D eigenvalue weighted by Crippen LogP contribution is 2.08. The van der Waals surface area contributed by atoms with Gasteiger partial charge in [0, 0.05) is 38.4 Å². The molecule has 1 saturated heterocycles. The van der Waals surface area contributed by atoms with Crippen LogP contribution in [0.5, 0.6) is 0 Å². The largest absolute Gasteiger partial charge is 0.338 e. The number of amides is 2. The maximum atomic E-state index is 12.9. The van der Waals surface area contributed by atoms with Gasteiger partial charge in [-0.25, -0.2) is 9.18 Å². The van der Waals surface area contributed by atoms with Gasteiger partial charge in [0.25, 0.3) is 0 Å². The maximum Gasteiger partial charge on any atom is 0.319 e. The molecule has 6 heteroatoms. The van der Waals surface area contributed by atoms with E-state index < -0.39 is 0 Å². The van der Waals surface area contributed by atoms with E-state index in [4.69, 9.17) is 0 Å². The second-order valence-electron chi connectivity index (χ2n) is 4.84. The lowest BCUT2D eigenvalue weighted by Gasteiger charge is -2.27. The predicted molar refractivity (Wildman–Crippen MR) is 77.3 cm³/mol. The Balaban J connectivity index is 1.60. The van der Waals surface area contributed by atoms with Crippen LogP contribution in [0.15, 0.2) is 24.3 Å². The molecule has 2 amide bonds. The summed E-state index contributed by atoms with van der Waals surface area (Å²) in [5.41, 5.74) is 0.463. The van der Waals surface area contributed by atoms with Crippen LogP contribution in [-0.2, 0) is 0 Å². The number of nitrogens with one attached hydrogen (secondary N) is 3. The molecule has 1 heterocycles. The van der Waals surface area contributed by atoms with E-state index in [0.717, 1.165) is 39.1 Å². The average molecular weight is 280 g/mol. The zero-order chi connectivity index (χ0) is 14.2. The third kappa shape index (κ3) is 5.14. The Kier molecular flexibility index (Phi) is 5.76. The van der Waals surface area contributed by atoms with Gasteiger partial charge in [-0.2, -0.15) is 0 Å². The predicted octanol–water partition coefficient (Wildman–Crippen LogP) is 1.24. The molecule has 110 valence electrons. The molecule has 0 saturated carbocycles. The number of nitrogens with zero attached hydrogens (tertiary/aromatic N) is 1. The van der Waals surface area contributed by atoms with Crippen molar-refractivity contribution in [3.63, 3.8) is 0 Å². The standard InChI is InChI=1S/C14H21FN4O/c15-12-3-1-4-13(11-12)18-14(20)17-5-2-8-19-9-6-16-7-10-19/h1,3-4,11,16H,2,5-10H2,(H2,17,18,20). The van der Waals surface area contributed by atoms with Crippen molar-refractivity contribution in [2.45, 2.75) is 6.42 Å². The van der Waals surface area contributed by atoms with Crippen LogP contribution < -0.4 is 16.0 Å². The number of benzene rings is 1. The summed E-state index contributed by atoms with van der Waals surface area (Å²) in [5.74, 6) is -0.360. The first-order valence-electron chi connectivity index (χ1n) is 6.97. The van der Waals surface area contributed by atoms with Crippen molar-refractivity contribution in [1.29, 1.82) is 0 Å². The molecule has 0 radical (unpaired) electrons. The Bertz CT molecular complexity index is 435. The first-order chi connectivity index (χ1) is 9.74. The molecule has 20 heavy (non-hydrogen) atoms. The number of urea groups is 1. The molecular formula is C14H21FN4O. The van der Waals surface area contributed by atoms with Gasteiger partial charge in [-0.3, -0.25) is 0 Å². The Morgan fingerprint density at radius 1 is 1.35 bits per heavy atom. The average Bonchev–Trinajstić information content (AvgIpc) is 2.45. The fourth-order valence-corrected chi connectivity index (χ4v) is 2.18. The molecule has 0 atom stereocenters. The van der Waals surface area contributed by atoms with Crippen LogP contribution in [0.2, 0.25) is 0 Å². The quantitative estimate of drug-likeness (QED) is 0.711. The Morgan fingerprint density at radius 2 is 2.15 bits per heavy atom. The van der Waals surface area contributed by atoms with Crippen LogP contribution in [0.3, 0.4) is 0 Å². The van der Waals surface area contributed by atoms with Crippen LogP contribution in [0.25, 0.3) is 0 Å². The molecule has 0 aromatic heterocycles. The van der Waals surface area contributed by atoms with Crippen LogP contribution in [-0.4, -0.2) is 50.2 Å². The van der Waals surface area contributed by atoms with Gasteiger partial charge in [-0.05, 0) is 31.2 Å². The number of carbonyl (C=O) groups excluding carboxylic acids is 1. The first-order valence-corrected chi connectivity index (χ1v) is 6.97. The van der Waals surface area contributed by atoms with Crippen LogP contribution in [0.1, 0.15) is 6.42 Å². The number of anilines is 1. The van der Waals surface area contributed by atoms with Crippen molar-refractivity contribution in [1.82, 2.24) is 15.5 Å². The topological polar surface area (TPSA) is 56.4 Å². The zero-order valence-corrected chi connectivity index (χ0v) is 11.5. The van der Waals surface area contributed by atoms with E-state index in [1.807, 2.05) is 0 Å². The van der Waals surface area contributed by atoms with Crippen molar-refractivity contribution < 1.29 is 9.18 Å². The monoisotopic (exact) mass is 280 g/mol. The summed E-state index contributed by atoms with van der Waals surface area (Å²) in [7, 11) is 0. The van der Waals surface area contributed by atoms with Gasteiger partial charge >= 0.3 is 6.03 Å². The van der Waals surface area contributed by atoms with E-state index >= 15 is 0 Å². The van der Waals surface area contributed by atoms with Gasteiger partial charge < -0.3 is 20.9 Å². The third-order valence-electron chi connectivity index (χ3n) is 3.23. The van der Waals surface area contributed by atoms with Gasteiger partial charge in [0.2, 0.25) is 0 Å². The summed E-state index contributed by atoms with van der Waals surface area (Å²) in [6.07, 6.45) is 0.913. The number of halogens is 1. The number of hydrogen-bond acceptors (Lipinski definition) is 3. The van der Waals surface area contributed by atoms with E-state index in [1.165, 1.54) is 12.1 Å². The van der Waals surface area contributed by atoms with Gasteiger partial charge in [0.05, 0.1) is 0 Å². The third-order valence-corrected chi connectivity index (χ3v) is 3.23. The second-order valence-corrected chi connectivity index (χ2v) is 4.84. The maximum absolute atomic E-state index is 12.9. The van der Waals surface area contributed by atoms with E-state index in [0.29, 0.717) is 12.2 Å². The molecule has 1 aliphatic rings. The van der Waals surface area contributed by atoms with Crippen molar-refractivity contribution >= 4 is 11.7 Å². The molecule has 0 spiro atoms. The van der Waals surface area contributed by atoms with Gasteiger partial charge in [0.15, 0.2) is 0 Å². The molecule has 1 aromatic rings. The SMILES string of the molecule is O=C(NCCCN1CCNCC1)Nc1cccc(F)c1. The Labute approximate surface area is 118 Å². The number of rotatable bonds is 5. The van der Waals surface area contributed by atoms with Gasteiger partial charge in [-0.1, -0.05) is 6.07 Å². The smallest absolute Gasteiger partial charge is 0.319 e. The molecule has 1 aliphatic heterocycles. The normalized spacial score (nSPS) is 15.8. The highest BCUT2D eigenvalue weighted by molar-refractivity contribution is 5.89. The minimum absolute atomic E-state index is 0.295. The molecule has 1 aromatic carbocycles. The first kappa shape index (κ1) is 14.7. The highest BCUT2D eigenvalue weighted by Gasteiger charge is 2.08. The summed E-state index contributed by atoms with van der Waals surface area (Å²) in [6.45, 7) is 5.80. The van der Waals surface area contributed by atoms with E-state index in [1.54, 1.807) is 12.1 Å². The molecule has 3 N–H and O–H groups in total. The van der Waals surface area contributed by atoms with Crippen molar-refractivity contribution in [2.75, 3.05) is 44.6 Å². The lowest BCUT2D eigenvalue weighted by atomic mass is 10.3. The molecular weight excluding hydrogens is 259 g/mol. The fraction of sp³-hybridized carbons (Fsp3) is 0.500. The molecule has 0 aliphatic carbocycles. The summed E-state index contributed by atoms with van der Waals surface area (Å²) in [5, 5.41) is 8.69. The molecule has 1 fully saturated rings. The molecule has 2 rings (SSSR count). The lowest BCUT2D eigenvalue weighted by molar-refractivity contribution is 0.234. The van der Waals surface area contributed by atoms with Crippen LogP contribution in [0.4, 0.5) is 14.9 Å². The van der Waals surface area contributed by atoms with E-state index in [-0.39, 0.29) is 11.8 Å². The highest BCUT2D eigenvalue weighted by atomic mass is 19.1. The van der Waals surface area contributed by atoms with Gasteiger partial charge in [-0.15, -0.1) is 0 Å². The fourth-order valence-electron chi connectivity index (χ4n) is 2.18. The van der Waals surface area contributed by atoms with Gasteiger partial charge in [0.1, 0.15) is 5.82 Å². The summed E-state index contributed by atoms with van der Waals surface area (Å²) in [6, 6.07) is 5.56.